The van der Waals surface area contributed by atoms with Crippen LogP contribution >= 0.6 is 0 Å². The number of anilines is 1. The molecular weight excluding hydrogens is 376 g/mol. The summed E-state index contributed by atoms with van der Waals surface area (Å²) in [6, 6.07) is 8.23. The van der Waals surface area contributed by atoms with Crippen LogP contribution < -0.4 is 15.5 Å². The molecule has 1 heterocycles. The fourth-order valence-electron chi connectivity index (χ4n) is 3.96. The van der Waals surface area contributed by atoms with E-state index >= 15 is 0 Å². The van der Waals surface area contributed by atoms with Crippen molar-refractivity contribution in [2.45, 2.75) is 45.1 Å². The highest BCUT2D eigenvalue weighted by atomic mass is 32.2. The Kier molecular flexibility index (Phi) is 7.18. The Hall–Kier alpha value is -1.80. The van der Waals surface area contributed by atoms with Crippen molar-refractivity contribution in [2.24, 2.45) is 0 Å². The van der Waals surface area contributed by atoms with Crippen LogP contribution in [0.1, 0.15) is 37.7 Å². The number of carbonyl (C=O) groups excluding carboxylic acids is 1. The van der Waals surface area contributed by atoms with Gasteiger partial charge in [-0.1, -0.05) is 31.4 Å². The molecule has 0 aromatic heterocycles. The third kappa shape index (κ3) is 5.85. The van der Waals surface area contributed by atoms with E-state index in [4.69, 9.17) is 0 Å². The lowest BCUT2D eigenvalue weighted by Gasteiger charge is -2.35. The minimum absolute atomic E-state index is 0.0600. The van der Waals surface area contributed by atoms with Crippen LogP contribution in [-0.4, -0.2) is 63.3 Å². The maximum atomic E-state index is 12.6. The van der Waals surface area contributed by atoms with Crippen molar-refractivity contribution < 1.29 is 13.2 Å². The molecule has 0 atom stereocenters. The van der Waals surface area contributed by atoms with E-state index in [0.29, 0.717) is 26.2 Å². The van der Waals surface area contributed by atoms with Gasteiger partial charge in [-0.3, -0.25) is 0 Å². The van der Waals surface area contributed by atoms with Crippen LogP contribution in [0.15, 0.2) is 24.3 Å². The molecule has 8 heteroatoms. The lowest BCUT2D eigenvalue weighted by molar-refractivity contribution is 0.233. The van der Waals surface area contributed by atoms with Gasteiger partial charge in [0, 0.05) is 44.5 Å². The average Bonchev–Trinajstić information content (AvgIpc) is 2.69. The van der Waals surface area contributed by atoms with Crippen LogP contribution in [0, 0.1) is 6.92 Å². The molecule has 2 aliphatic rings. The van der Waals surface area contributed by atoms with Gasteiger partial charge in [0.1, 0.15) is 0 Å². The average molecular weight is 409 g/mol. The second-order valence-electron chi connectivity index (χ2n) is 7.78. The van der Waals surface area contributed by atoms with Gasteiger partial charge in [-0.2, -0.15) is 4.31 Å². The van der Waals surface area contributed by atoms with E-state index in [1.165, 1.54) is 12.0 Å². The molecule has 0 unspecified atom stereocenters. The summed E-state index contributed by atoms with van der Waals surface area (Å²) < 4.78 is 26.7. The van der Waals surface area contributed by atoms with Gasteiger partial charge in [0.25, 0.3) is 0 Å². The van der Waals surface area contributed by atoms with E-state index in [2.05, 4.69) is 40.7 Å². The van der Waals surface area contributed by atoms with Gasteiger partial charge in [0.2, 0.25) is 10.0 Å². The van der Waals surface area contributed by atoms with E-state index in [0.717, 1.165) is 31.4 Å². The van der Waals surface area contributed by atoms with Crippen molar-refractivity contribution >= 4 is 21.7 Å². The third-order valence-electron chi connectivity index (χ3n) is 5.58. The number of piperazine rings is 1. The summed E-state index contributed by atoms with van der Waals surface area (Å²) in [7, 11) is -3.36. The molecule has 2 amide bonds. The summed E-state index contributed by atoms with van der Waals surface area (Å²) in [5.74, 6) is -0.0600. The van der Waals surface area contributed by atoms with Gasteiger partial charge in [-0.15, -0.1) is 0 Å². The monoisotopic (exact) mass is 408 g/mol. The largest absolute Gasteiger partial charge is 0.369 e. The Morgan fingerprint density at radius 1 is 1.11 bits per heavy atom. The van der Waals surface area contributed by atoms with Crippen LogP contribution in [0.5, 0.6) is 0 Å². The smallest absolute Gasteiger partial charge is 0.315 e. The van der Waals surface area contributed by atoms with Crippen LogP contribution in [0.3, 0.4) is 0 Å². The number of hydrogen-bond donors (Lipinski definition) is 2. The molecule has 1 saturated heterocycles. The number of sulfonamides is 1. The summed E-state index contributed by atoms with van der Waals surface area (Å²) >= 11 is 0. The number of aryl methyl sites for hydroxylation is 1. The number of amides is 2. The Morgan fingerprint density at radius 2 is 1.82 bits per heavy atom. The highest BCUT2D eigenvalue weighted by molar-refractivity contribution is 7.89. The zero-order valence-electron chi connectivity index (χ0n) is 16.7. The van der Waals surface area contributed by atoms with Crippen LogP contribution in [-0.2, 0) is 10.0 Å². The highest BCUT2D eigenvalue weighted by Crippen LogP contribution is 2.19. The SMILES string of the molecule is Cc1cccc(N2CCN(S(=O)(=O)CCNC(=O)NC3CCCCC3)CC2)c1. The summed E-state index contributed by atoms with van der Waals surface area (Å²) in [5.41, 5.74) is 2.34. The fourth-order valence-corrected chi connectivity index (χ4v) is 5.29. The minimum Gasteiger partial charge on any atom is -0.369 e. The van der Waals surface area contributed by atoms with Crippen molar-refractivity contribution in [1.82, 2.24) is 14.9 Å². The zero-order valence-corrected chi connectivity index (χ0v) is 17.5. The molecule has 0 radical (unpaired) electrons. The van der Waals surface area contributed by atoms with Gasteiger partial charge < -0.3 is 15.5 Å². The third-order valence-corrected chi connectivity index (χ3v) is 7.46. The molecule has 0 bridgehead atoms. The molecule has 7 nitrogen and oxygen atoms in total. The molecular formula is C20H32N4O3S. The number of nitrogens with zero attached hydrogens (tertiary/aromatic N) is 2. The predicted octanol–water partition coefficient (Wildman–Crippen LogP) is 2.08. The molecule has 2 N–H and O–H groups in total. The standard InChI is InChI=1S/C20H32N4O3S/c1-17-6-5-9-19(16-17)23-11-13-24(14-12-23)28(26,27)15-10-21-20(25)22-18-7-3-2-4-8-18/h5-6,9,16,18H,2-4,7-8,10-15H2,1H3,(H2,21,22,25). The molecule has 2 fully saturated rings. The highest BCUT2D eigenvalue weighted by Gasteiger charge is 2.27. The number of urea groups is 1. The van der Waals surface area contributed by atoms with E-state index in [-0.39, 0.29) is 24.4 Å². The second kappa shape index (κ2) is 9.60. The fraction of sp³-hybridized carbons (Fsp3) is 0.650. The Labute approximate surface area is 168 Å². The Bertz CT molecular complexity index is 754. The molecule has 1 aliphatic carbocycles. The Morgan fingerprint density at radius 3 is 2.50 bits per heavy atom. The summed E-state index contributed by atoms with van der Waals surface area (Å²) in [4.78, 5) is 14.2. The van der Waals surface area contributed by atoms with Crippen molar-refractivity contribution in [1.29, 1.82) is 0 Å². The first-order valence-corrected chi connectivity index (χ1v) is 11.9. The van der Waals surface area contributed by atoms with Crippen molar-refractivity contribution in [3.63, 3.8) is 0 Å². The molecule has 1 aliphatic heterocycles. The van der Waals surface area contributed by atoms with Crippen molar-refractivity contribution in [3.8, 4) is 0 Å². The lowest BCUT2D eigenvalue weighted by Crippen LogP contribution is -2.50. The van der Waals surface area contributed by atoms with E-state index in [9.17, 15) is 13.2 Å². The number of carbonyl (C=O) groups is 1. The molecule has 1 aromatic rings. The van der Waals surface area contributed by atoms with Crippen molar-refractivity contribution in [3.05, 3.63) is 29.8 Å². The van der Waals surface area contributed by atoms with Crippen LogP contribution in [0.4, 0.5) is 10.5 Å². The van der Waals surface area contributed by atoms with E-state index < -0.39 is 10.0 Å². The van der Waals surface area contributed by atoms with Gasteiger partial charge in [-0.25, -0.2) is 13.2 Å². The van der Waals surface area contributed by atoms with Gasteiger partial charge in [0.15, 0.2) is 0 Å². The quantitative estimate of drug-likeness (QED) is 0.755. The molecule has 0 spiro atoms. The number of benzene rings is 1. The minimum atomic E-state index is -3.36. The first-order chi connectivity index (χ1) is 13.4. The molecule has 1 aromatic carbocycles. The first-order valence-electron chi connectivity index (χ1n) is 10.3. The van der Waals surface area contributed by atoms with Crippen LogP contribution in [0.25, 0.3) is 0 Å². The number of hydrogen-bond acceptors (Lipinski definition) is 4. The predicted molar refractivity (Wildman–Crippen MR) is 112 cm³/mol. The van der Waals surface area contributed by atoms with Gasteiger partial charge in [-0.05, 0) is 37.5 Å². The van der Waals surface area contributed by atoms with Gasteiger partial charge in [0.05, 0.1) is 5.75 Å². The van der Waals surface area contributed by atoms with Crippen LogP contribution in [0.2, 0.25) is 0 Å². The topological polar surface area (TPSA) is 81.8 Å². The Balaban J connectivity index is 1.40. The summed E-state index contributed by atoms with van der Waals surface area (Å²) in [6.07, 6.45) is 5.55. The maximum Gasteiger partial charge on any atom is 0.315 e. The molecule has 1 saturated carbocycles. The number of nitrogens with one attached hydrogen (secondary N) is 2. The lowest BCUT2D eigenvalue weighted by atomic mass is 9.96. The first kappa shape index (κ1) is 20.9. The van der Waals surface area contributed by atoms with Crippen molar-refractivity contribution in [2.75, 3.05) is 43.4 Å². The second-order valence-corrected chi connectivity index (χ2v) is 9.86. The van der Waals surface area contributed by atoms with Gasteiger partial charge >= 0.3 is 6.03 Å². The molecule has 28 heavy (non-hydrogen) atoms. The molecule has 156 valence electrons. The number of rotatable bonds is 6. The molecule has 3 rings (SSSR count). The summed E-state index contributed by atoms with van der Waals surface area (Å²) in [5, 5.41) is 5.65. The zero-order chi connectivity index (χ0) is 20.0. The summed E-state index contributed by atoms with van der Waals surface area (Å²) in [6.45, 7) is 4.51. The normalized spacial score (nSPS) is 19.4. The van der Waals surface area contributed by atoms with E-state index in [1.807, 2.05) is 6.07 Å². The van der Waals surface area contributed by atoms with E-state index in [1.54, 1.807) is 4.31 Å². The maximum absolute atomic E-state index is 12.6.